The van der Waals surface area contributed by atoms with Gasteiger partial charge < -0.3 is 16.0 Å². The Balaban J connectivity index is 1.60. The summed E-state index contributed by atoms with van der Waals surface area (Å²) in [5.74, 6) is -0.697. The number of hydrogen-bond donors (Lipinski definition) is 3. The molecule has 0 bridgehead atoms. The second kappa shape index (κ2) is 8.44. The SMILES string of the molecule is NC(=O)[C@H]1CCC[C@@H](Nc2ncc(F)c(-c3cccc(-c4cccc(=O)[nH]4)c3)n2)C1. The average Bonchev–Trinajstić information content (AvgIpc) is 2.75. The molecule has 1 fully saturated rings. The zero-order valence-electron chi connectivity index (χ0n) is 16.3. The molecule has 0 saturated heterocycles. The van der Waals surface area contributed by atoms with Crippen molar-refractivity contribution in [2.24, 2.45) is 11.7 Å². The number of H-pyrrole nitrogens is 1. The van der Waals surface area contributed by atoms with Crippen LogP contribution < -0.4 is 16.6 Å². The molecule has 154 valence electrons. The zero-order valence-corrected chi connectivity index (χ0v) is 16.3. The fourth-order valence-corrected chi connectivity index (χ4v) is 3.85. The van der Waals surface area contributed by atoms with E-state index in [1.807, 2.05) is 6.07 Å². The van der Waals surface area contributed by atoms with Gasteiger partial charge in [0.2, 0.25) is 17.4 Å². The topological polar surface area (TPSA) is 114 Å². The molecule has 2 heterocycles. The zero-order chi connectivity index (χ0) is 21.1. The number of carbonyl (C=O) groups excluding carboxylic acids is 1. The van der Waals surface area contributed by atoms with Gasteiger partial charge in [0.1, 0.15) is 5.69 Å². The third-order valence-corrected chi connectivity index (χ3v) is 5.37. The lowest BCUT2D eigenvalue weighted by atomic mass is 9.85. The summed E-state index contributed by atoms with van der Waals surface area (Å²) in [4.78, 5) is 34.3. The Labute approximate surface area is 172 Å². The van der Waals surface area contributed by atoms with Gasteiger partial charge in [-0.05, 0) is 37.0 Å². The maximum absolute atomic E-state index is 14.5. The van der Waals surface area contributed by atoms with E-state index in [1.165, 1.54) is 6.07 Å². The van der Waals surface area contributed by atoms with Crippen LogP contribution in [0, 0.1) is 11.7 Å². The molecule has 0 radical (unpaired) electrons. The lowest BCUT2D eigenvalue weighted by Crippen LogP contribution is -2.34. The maximum atomic E-state index is 14.5. The number of rotatable bonds is 5. The largest absolute Gasteiger partial charge is 0.369 e. The van der Waals surface area contributed by atoms with Crippen molar-refractivity contribution in [1.82, 2.24) is 15.0 Å². The van der Waals surface area contributed by atoms with E-state index >= 15 is 0 Å². The summed E-state index contributed by atoms with van der Waals surface area (Å²) >= 11 is 0. The van der Waals surface area contributed by atoms with E-state index in [9.17, 15) is 14.0 Å². The number of aromatic amines is 1. The fraction of sp³-hybridized carbons (Fsp3) is 0.273. The van der Waals surface area contributed by atoms with Crippen molar-refractivity contribution in [2.45, 2.75) is 31.7 Å². The van der Waals surface area contributed by atoms with E-state index in [1.54, 1.807) is 30.3 Å². The lowest BCUT2D eigenvalue weighted by Gasteiger charge is -2.27. The number of benzene rings is 1. The normalized spacial score (nSPS) is 18.7. The minimum Gasteiger partial charge on any atom is -0.369 e. The number of primary amides is 1. The van der Waals surface area contributed by atoms with Gasteiger partial charge in [0.05, 0.1) is 6.20 Å². The molecule has 2 aromatic heterocycles. The van der Waals surface area contributed by atoms with Crippen molar-refractivity contribution in [3.05, 3.63) is 64.8 Å². The Bertz CT molecular complexity index is 1130. The third-order valence-electron chi connectivity index (χ3n) is 5.37. The van der Waals surface area contributed by atoms with Gasteiger partial charge in [-0.15, -0.1) is 0 Å². The van der Waals surface area contributed by atoms with Crippen LogP contribution in [0.1, 0.15) is 25.7 Å². The minimum absolute atomic E-state index is 0.00953. The molecule has 3 aromatic rings. The molecule has 1 saturated carbocycles. The Morgan fingerprint density at radius 3 is 2.77 bits per heavy atom. The predicted molar refractivity (Wildman–Crippen MR) is 112 cm³/mol. The van der Waals surface area contributed by atoms with E-state index in [0.717, 1.165) is 31.0 Å². The highest BCUT2D eigenvalue weighted by molar-refractivity contribution is 5.76. The highest BCUT2D eigenvalue weighted by Crippen LogP contribution is 2.28. The van der Waals surface area contributed by atoms with Crippen molar-refractivity contribution in [1.29, 1.82) is 0 Å². The number of anilines is 1. The Kier molecular flexibility index (Phi) is 5.56. The van der Waals surface area contributed by atoms with Crippen molar-refractivity contribution in [3.63, 3.8) is 0 Å². The van der Waals surface area contributed by atoms with E-state index in [2.05, 4.69) is 20.3 Å². The first-order valence-electron chi connectivity index (χ1n) is 9.88. The average molecular weight is 407 g/mol. The second-order valence-corrected chi connectivity index (χ2v) is 7.51. The highest BCUT2D eigenvalue weighted by atomic mass is 19.1. The molecule has 1 amide bonds. The number of pyridine rings is 1. The molecule has 4 N–H and O–H groups in total. The second-order valence-electron chi connectivity index (χ2n) is 7.51. The molecule has 1 aromatic carbocycles. The summed E-state index contributed by atoms with van der Waals surface area (Å²) in [5.41, 5.74) is 7.35. The number of aromatic nitrogens is 3. The van der Waals surface area contributed by atoms with Gasteiger partial charge in [0.15, 0.2) is 5.82 Å². The molecule has 0 spiro atoms. The summed E-state index contributed by atoms with van der Waals surface area (Å²) in [6.07, 6.45) is 4.29. The van der Waals surface area contributed by atoms with Crippen LogP contribution in [-0.4, -0.2) is 26.9 Å². The van der Waals surface area contributed by atoms with Gasteiger partial charge >= 0.3 is 0 Å². The molecule has 4 rings (SSSR count). The number of carbonyl (C=O) groups is 1. The van der Waals surface area contributed by atoms with Crippen LogP contribution in [-0.2, 0) is 4.79 Å². The van der Waals surface area contributed by atoms with Gasteiger partial charge in [0.25, 0.3) is 0 Å². The minimum atomic E-state index is -0.544. The Morgan fingerprint density at radius 2 is 1.97 bits per heavy atom. The first kappa shape index (κ1) is 19.8. The monoisotopic (exact) mass is 407 g/mol. The quantitative estimate of drug-likeness (QED) is 0.601. The highest BCUT2D eigenvalue weighted by Gasteiger charge is 2.26. The standard InChI is InChI=1S/C22H22FN5O2/c23-17-12-25-22(26-16-7-2-6-15(11-16)21(24)30)28-20(17)14-5-1-4-13(10-14)18-8-3-9-19(29)27-18/h1,3-5,8-10,12,15-16H,2,6-7,11H2,(H2,24,30)(H,27,29)(H,25,26,28)/t15-,16+/m0/s1. The molecule has 8 heteroatoms. The Hall–Kier alpha value is -3.55. The van der Waals surface area contributed by atoms with Gasteiger partial charge in [-0.2, -0.15) is 0 Å². The van der Waals surface area contributed by atoms with Crippen molar-refractivity contribution in [3.8, 4) is 22.5 Å². The molecule has 1 aliphatic carbocycles. The van der Waals surface area contributed by atoms with Crippen LogP contribution in [0.5, 0.6) is 0 Å². The van der Waals surface area contributed by atoms with E-state index in [4.69, 9.17) is 5.73 Å². The summed E-state index contributed by atoms with van der Waals surface area (Å²) in [6, 6.07) is 12.0. The van der Waals surface area contributed by atoms with Crippen molar-refractivity contribution < 1.29 is 9.18 Å². The number of hydrogen-bond acceptors (Lipinski definition) is 5. The number of nitrogens with two attached hydrogens (primary N) is 1. The van der Waals surface area contributed by atoms with Gasteiger partial charge in [-0.25, -0.2) is 14.4 Å². The summed E-state index contributed by atoms with van der Waals surface area (Å²) < 4.78 is 14.5. The summed E-state index contributed by atoms with van der Waals surface area (Å²) in [5, 5.41) is 3.21. The number of halogens is 1. The molecule has 0 aliphatic heterocycles. The van der Waals surface area contributed by atoms with Crippen LogP contribution in [0.4, 0.5) is 10.3 Å². The first-order valence-corrected chi connectivity index (χ1v) is 9.88. The molecule has 1 aliphatic rings. The fourth-order valence-electron chi connectivity index (χ4n) is 3.85. The smallest absolute Gasteiger partial charge is 0.248 e. The van der Waals surface area contributed by atoms with E-state index in [0.29, 0.717) is 23.6 Å². The first-order chi connectivity index (χ1) is 14.5. The lowest BCUT2D eigenvalue weighted by molar-refractivity contribution is -0.122. The summed E-state index contributed by atoms with van der Waals surface area (Å²) in [6.45, 7) is 0. The molecule has 2 atom stereocenters. The van der Waals surface area contributed by atoms with Crippen molar-refractivity contribution >= 4 is 11.9 Å². The summed E-state index contributed by atoms with van der Waals surface area (Å²) in [7, 11) is 0. The van der Waals surface area contributed by atoms with Gasteiger partial charge in [0, 0.05) is 29.3 Å². The van der Waals surface area contributed by atoms with Crippen LogP contribution in [0.2, 0.25) is 0 Å². The number of nitrogens with zero attached hydrogens (tertiary/aromatic N) is 2. The number of amides is 1. The van der Waals surface area contributed by atoms with Crippen molar-refractivity contribution in [2.75, 3.05) is 5.32 Å². The third kappa shape index (κ3) is 4.37. The van der Waals surface area contributed by atoms with E-state index < -0.39 is 5.82 Å². The van der Waals surface area contributed by atoms with E-state index in [-0.39, 0.29) is 29.1 Å². The van der Waals surface area contributed by atoms with Gasteiger partial charge in [-0.3, -0.25) is 9.59 Å². The van der Waals surface area contributed by atoms with Crippen LogP contribution in [0.25, 0.3) is 22.5 Å². The molecule has 0 unspecified atom stereocenters. The molecular weight excluding hydrogens is 385 g/mol. The predicted octanol–water partition coefficient (Wildman–Crippen LogP) is 3.09. The number of nitrogens with one attached hydrogen (secondary N) is 2. The van der Waals surface area contributed by atoms with Crippen LogP contribution in [0.3, 0.4) is 0 Å². The van der Waals surface area contributed by atoms with Gasteiger partial charge in [-0.1, -0.05) is 30.7 Å². The molecule has 7 nitrogen and oxygen atoms in total. The Morgan fingerprint density at radius 1 is 1.17 bits per heavy atom. The maximum Gasteiger partial charge on any atom is 0.248 e. The van der Waals surface area contributed by atoms with Crippen LogP contribution >= 0.6 is 0 Å². The molecular formula is C22H22FN5O2. The molecule has 30 heavy (non-hydrogen) atoms. The van der Waals surface area contributed by atoms with Crippen LogP contribution in [0.15, 0.2) is 53.5 Å².